The van der Waals surface area contributed by atoms with E-state index in [0.717, 1.165) is 61.4 Å². The van der Waals surface area contributed by atoms with Crippen molar-refractivity contribution < 1.29 is 30.4 Å². The number of hydrogen-bond donors (Lipinski definition) is 0. The summed E-state index contributed by atoms with van der Waals surface area (Å²) >= 11 is 0. The van der Waals surface area contributed by atoms with Gasteiger partial charge in [0.15, 0.2) is 0 Å². The van der Waals surface area contributed by atoms with Gasteiger partial charge < -0.3 is 13.9 Å². The number of ether oxygens (including phenoxy) is 1. The van der Waals surface area contributed by atoms with Crippen molar-refractivity contribution in [2.24, 2.45) is 0 Å². The Labute approximate surface area is 400 Å². The molecule has 0 amide bonds. The van der Waals surface area contributed by atoms with Gasteiger partial charge in [-0.05, 0) is 117 Å². The van der Waals surface area contributed by atoms with Crippen LogP contribution in [0.25, 0.3) is 61.3 Å². The third-order valence-corrected chi connectivity index (χ3v) is 12.3. The number of imidazole rings is 1. The van der Waals surface area contributed by atoms with Gasteiger partial charge in [-0.15, -0.1) is 29.7 Å². The molecule has 332 valence electrons. The van der Waals surface area contributed by atoms with Gasteiger partial charge in [0.2, 0.25) is 0 Å². The van der Waals surface area contributed by atoms with Crippen molar-refractivity contribution in [1.29, 1.82) is 0 Å². The number of nitrogens with zero attached hydrogens (tertiary/aromatic N) is 4. The van der Waals surface area contributed by atoms with Crippen LogP contribution in [0.1, 0.15) is 95.8 Å². The molecule has 0 spiro atoms. The van der Waals surface area contributed by atoms with Crippen LogP contribution in [0, 0.1) is 39.2 Å². The average Bonchev–Trinajstić information content (AvgIpc) is 3.84. The van der Waals surface area contributed by atoms with Gasteiger partial charge in [0, 0.05) is 50.5 Å². The van der Waals surface area contributed by atoms with E-state index in [9.17, 15) is 0 Å². The first-order valence-electron chi connectivity index (χ1n) is 22.4. The summed E-state index contributed by atoms with van der Waals surface area (Å²) in [6, 6.07) is 50.8. The Morgan fingerprint density at radius 2 is 1.31 bits per heavy atom. The van der Waals surface area contributed by atoms with Crippen LogP contribution in [0.4, 0.5) is 0 Å². The Balaban J connectivity index is 0.00000576. The minimum absolute atomic E-state index is 0. The van der Waals surface area contributed by atoms with E-state index in [0.29, 0.717) is 11.5 Å². The molecule has 0 aliphatic rings. The summed E-state index contributed by atoms with van der Waals surface area (Å²) in [5.41, 5.74) is 15.5. The van der Waals surface area contributed by atoms with Crippen LogP contribution in [0.15, 0.2) is 134 Å². The number of aryl methyl sites for hydroxylation is 3. The summed E-state index contributed by atoms with van der Waals surface area (Å²) in [6.07, 6.45) is 7.83. The second-order valence-electron chi connectivity index (χ2n) is 20.5. The van der Waals surface area contributed by atoms with E-state index in [2.05, 4.69) is 237 Å². The second-order valence-corrected chi connectivity index (χ2v) is 20.5. The van der Waals surface area contributed by atoms with Crippen molar-refractivity contribution in [2.75, 3.05) is 0 Å². The molecule has 9 rings (SSSR count). The van der Waals surface area contributed by atoms with Crippen LogP contribution in [0.5, 0.6) is 11.5 Å². The van der Waals surface area contributed by atoms with Crippen molar-refractivity contribution in [3.8, 4) is 50.9 Å². The monoisotopic (exact) mass is 1030 g/mol. The number of rotatable bonds is 7. The van der Waals surface area contributed by atoms with Gasteiger partial charge in [0.05, 0.1) is 11.4 Å². The van der Waals surface area contributed by atoms with E-state index in [1.54, 1.807) is 0 Å². The molecule has 0 unspecified atom stereocenters. The van der Waals surface area contributed by atoms with E-state index in [-0.39, 0.29) is 37.3 Å². The van der Waals surface area contributed by atoms with E-state index in [4.69, 9.17) is 9.72 Å². The summed E-state index contributed by atoms with van der Waals surface area (Å²) in [5, 5.41) is 2.19. The summed E-state index contributed by atoms with van der Waals surface area (Å²) in [7, 11) is 0. The van der Waals surface area contributed by atoms with Gasteiger partial charge in [-0.3, -0.25) is 4.57 Å². The Kier molecular flexibility index (Phi) is 12.0. The van der Waals surface area contributed by atoms with Crippen molar-refractivity contribution in [2.45, 2.75) is 99.3 Å². The third kappa shape index (κ3) is 9.01. The number of aromatic nitrogens is 4. The molecular formula is C59H58N4OPt-2. The fraction of sp³-hybridized carbons (Fsp3) is 0.254. The molecule has 0 saturated heterocycles. The molecule has 0 radical (unpaired) electrons. The van der Waals surface area contributed by atoms with Crippen LogP contribution < -0.4 is 9.30 Å². The largest absolute Gasteiger partial charge is 0.510 e. The quantitative estimate of drug-likeness (QED) is 0.118. The predicted octanol–water partition coefficient (Wildman–Crippen LogP) is 14.6. The SMILES string of the molecule is Cc1cc(C)c(-c2ccnc(-n3c4[c-]c(Oc5[c-]c(-n6[c-][n+](-c7cccc(C(C)(C)C)c7)cc6C(C)(C)C)cc(C(C)(C)C)c5)ccc4c4cc(-c5ccccc5)ccc43)c2)c(C)c1.[Pt]. The van der Waals surface area contributed by atoms with Crippen LogP contribution in [-0.4, -0.2) is 14.1 Å². The molecule has 3 heterocycles. The van der Waals surface area contributed by atoms with Crippen molar-refractivity contribution in [3.63, 3.8) is 0 Å². The van der Waals surface area contributed by atoms with E-state index < -0.39 is 0 Å². The molecule has 6 heteroatoms. The first-order chi connectivity index (χ1) is 30.3. The molecule has 0 saturated carbocycles. The molecule has 9 aromatic rings. The Morgan fingerprint density at radius 3 is 2.00 bits per heavy atom. The first kappa shape index (κ1) is 45.5. The zero-order valence-corrected chi connectivity index (χ0v) is 42.0. The number of fused-ring (bicyclic) bond motifs is 3. The van der Waals surface area contributed by atoms with Crippen molar-refractivity contribution >= 4 is 21.8 Å². The van der Waals surface area contributed by atoms with E-state index in [1.807, 2.05) is 12.3 Å². The minimum atomic E-state index is -0.190. The molecule has 0 N–H and O–H groups in total. The molecule has 0 aliphatic carbocycles. The predicted molar refractivity (Wildman–Crippen MR) is 264 cm³/mol. The van der Waals surface area contributed by atoms with Gasteiger partial charge in [0.1, 0.15) is 5.82 Å². The normalized spacial score (nSPS) is 12.2. The maximum atomic E-state index is 6.89. The Morgan fingerprint density at radius 1 is 0.585 bits per heavy atom. The van der Waals surface area contributed by atoms with Crippen molar-refractivity contribution in [1.82, 2.24) is 14.1 Å². The number of hydrogen-bond acceptors (Lipinski definition) is 2. The standard InChI is InChI=1S/C59H58N4O.Pt/c1-38-27-39(2)56(40(3)28-38)43-25-26-60-55(30-43)63-52-24-21-42(41-17-14-13-15-18-41)29-51(52)50-23-22-48(35-53(50)63)64-49-33-45(58(7,8)9)32-47(34-49)62-37-61(36-54(62)59(10,11)12)46-20-16-19-44(31-46)57(4,5)6;/h13-33,36H,1-12H3;/q-2;. The molecule has 0 atom stereocenters. The van der Waals surface area contributed by atoms with Crippen LogP contribution in [0.2, 0.25) is 0 Å². The van der Waals surface area contributed by atoms with Gasteiger partial charge in [-0.2, -0.15) is 17.7 Å². The summed E-state index contributed by atoms with van der Waals surface area (Å²) in [4.78, 5) is 5.02. The zero-order valence-electron chi connectivity index (χ0n) is 39.7. The number of benzene rings is 6. The third-order valence-electron chi connectivity index (χ3n) is 12.3. The molecular weight excluding hydrogens is 976 g/mol. The molecule has 0 fully saturated rings. The van der Waals surface area contributed by atoms with E-state index >= 15 is 0 Å². The fourth-order valence-electron chi connectivity index (χ4n) is 8.96. The molecule has 6 aromatic carbocycles. The average molecular weight is 1030 g/mol. The van der Waals surface area contributed by atoms with Crippen LogP contribution in [-0.2, 0) is 37.3 Å². The maximum absolute atomic E-state index is 6.89. The first-order valence-corrected chi connectivity index (χ1v) is 22.4. The molecule has 3 aromatic heterocycles. The molecule has 0 aliphatic heterocycles. The van der Waals surface area contributed by atoms with Gasteiger partial charge in [-0.25, -0.2) is 4.98 Å². The van der Waals surface area contributed by atoms with Crippen molar-refractivity contribution in [3.05, 3.63) is 186 Å². The van der Waals surface area contributed by atoms with Crippen LogP contribution in [0.3, 0.4) is 0 Å². The summed E-state index contributed by atoms with van der Waals surface area (Å²) in [5.74, 6) is 2.03. The summed E-state index contributed by atoms with van der Waals surface area (Å²) in [6.45, 7) is 26.7. The minimum Gasteiger partial charge on any atom is -0.510 e. The summed E-state index contributed by atoms with van der Waals surface area (Å²) < 4.78 is 13.4. The fourth-order valence-corrected chi connectivity index (χ4v) is 8.96. The van der Waals surface area contributed by atoms with Crippen LogP contribution >= 0.6 is 0 Å². The molecule has 65 heavy (non-hydrogen) atoms. The Bertz CT molecular complexity index is 3200. The topological polar surface area (TPSA) is 35.9 Å². The van der Waals surface area contributed by atoms with Gasteiger partial charge in [-0.1, -0.05) is 140 Å². The Hall–Kier alpha value is -6.03. The number of pyridine rings is 1. The van der Waals surface area contributed by atoms with E-state index in [1.165, 1.54) is 33.4 Å². The van der Waals surface area contributed by atoms with Gasteiger partial charge in [0.25, 0.3) is 6.33 Å². The molecule has 5 nitrogen and oxygen atoms in total. The van der Waals surface area contributed by atoms with Gasteiger partial charge >= 0.3 is 0 Å². The molecule has 0 bridgehead atoms. The smallest absolute Gasteiger partial charge is 0.267 e. The zero-order chi connectivity index (χ0) is 45.3. The second kappa shape index (κ2) is 17.1. The maximum Gasteiger partial charge on any atom is 0.267 e.